The normalized spacial score (nSPS) is 27.2. The molecular weight excluding hydrogens is 469 g/mol. The van der Waals surface area contributed by atoms with Crippen molar-refractivity contribution in [3.05, 3.63) is 33.1 Å². The van der Waals surface area contributed by atoms with E-state index in [9.17, 15) is 28.7 Å². The van der Waals surface area contributed by atoms with Gasteiger partial charge in [0, 0.05) is 18.7 Å². The number of hydrogen-bond donors (Lipinski definition) is 6. The topological polar surface area (TPSA) is 227 Å². The van der Waals surface area contributed by atoms with Crippen LogP contribution < -0.4 is 11.2 Å². The summed E-state index contributed by atoms with van der Waals surface area (Å²) in [5.41, 5.74) is -1.43. The van der Waals surface area contributed by atoms with Crippen LogP contribution in [0.4, 0.5) is 0 Å². The van der Waals surface area contributed by atoms with Gasteiger partial charge in [-0.1, -0.05) is 0 Å². The molecule has 1 saturated heterocycles. The Bertz CT molecular complexity index is 970. The fraction of sp³-hybridized carbons (Fsp3) is 0.556. The third-order valence-electron chi connectivity index (χ3n) is 3.18. The van der Waals surface area contributed by atoms with Gasteiger partial charge in [0.15, 0.2) is 0 Å². The van der Waals surface area contributed by atoms with E-state index in [4.69, 9.17) is 23.9 Å². The van der Waals surface area contributed by atoms with Gasteiger partial charge in [0.1, 0.15) is 12.3 Å². The molecule has 0 aromatic carbocycles. The molecule has 2 unspecified atom stereocenters. The summed E-state index contributed by atoms with van der Waals surface area (Å²) in [6.45, 7) is -5.21. The van der Waals surface area contributed by atoms with Crippen molar-refractivity contribution in [2.45, 2.75) is 24.9 Å². The molecule has 0 saturated carbocycles. The molecular formula is C9H15N2O13P3S. The second-order valence-corrected chi connectivity index (χ2v) is 11.1. The summed E-state index contributed by atoms with van der Waals surface area (Å²) in [5, 5.41) is 9.98. The number of phosphoric acid groups is 2. The minimum atomic E-state index is -5.46. The lowest BCUT2D eigenvalue weighted by atomic mass is 10.2. The molecule has 1 aliphatic rings. The molecule has 19 heteroatoms. The monoisotopic (exact) mass is 484 g/mol. The summed E-state index contributed by atoms with van der Waals surface area (Å²) in [4.78, 5) is 60.7. The summed E-state index contributed by atoms with van der Waals surface area (Å²) in [5.74, 6) is 0. The van der Waals surface area contributed by atoms with E-state index in [2.05, 4.69) is 20.4 Å². The van der Waals surface area contributed by atoms with Crippen LogP contribution in [0.3, 0.4) is 0 Å². The zero-order chi connectivity index (χ0) is 21.3. The number of hydrogen-bond acceptors (Lipinski definition) is 10. The number of rotatable bonds is 8. The fourth-order valence-corrected chi connectivity index (χ4v) is 6.13. The molecule has 0 spiro atoms. The summed E-state index contributed by atoms with van der Waals surface area (Å²) in [6.07, 6.45) is -2.33. The maximum absolute atomic E-state index is 11.7. The number of aliphatic hydroxyl groups excluding tert-OH is 1. The highest BCUT2D eigenvalue weighted by atomic mass is 32.5. The zero-order valence-corrected chi connectivity index (χ0v) is 17.0. The minimum absolute atomic E-state index is 0.102. The number of aromatic nitrogens is 2. The molecule has 6 N–H and O–H groups in total. The fourth-order valence-electron chi connectivity index (χ4n) is 2.16. The van der Waals surface area contributed by atoms with Crippen LogP contribution in [0.5, 0.6) is 0 Å². The van der Waals surface area contributed by atoms with E-state index in [0.29, 0.717) is 0 Å². The van der Waals surface area contributed by atoms with Crippen molar-refractivity contribution in [3.63, 3.8) is 0 Å². The van der Waals surface area contributed by atoms with Gasteiger partial charge in [-0.15, -0.1) is 0 Å². The van der Waals surface area contributed by atoms with E-state index in [-0.39, 0.29) is 6.42 Å². The number of aliphatic hydroxyl groups is 1. The van der Waals surface area contributed by atoms with Crippen LogP contribution in [0.1, 0.15) is 12.6 Å². The number of ether oxygens (including phenoxy) is 1. The molecule has 2 heterocycles. The highest BCUT2D eigenvalue weighted by Crippen LogP contribution is 2.66. The first-order chi connectivity index (χ1) is 12.7. The van der Waals surface area contributed by atoms with Gasteiger partial charge in [-0.2, -0.15) is 4.31 Å². The Kier molecular flexibility index (Phi) is 7.33. The van der Waals surface area contributed by atoms with Gasteiger partial charge in [0.25, 0.3) is 5.56 Å². The standard InChI is InChI=1S/C9H15N2O13P3S/c12-5-3-8(11-2-1-7(13)10-9(11)14)22-6(5)4-21-27(20,28)24-26(18,19)23-25(15,16)17/h1-2,5-6,8,12H,3-4H2,(H,18,19)(H,20,28)(H,10,13,14)(H2,15,16,17)/t5-,6-,8-,27?/m1/s1. The number of H-pyrrole nitrogens is 1. The SMILES string of the molecule is O=c1ccn([C@H]2C[C@@H](O)[C@@H](COP(O)(=S)OP(=O)(O)OP(=O)(O)O)O2)c(=O)[nH]1. The molecule has 0 bridgehead atoms. The van der Waals surface area contributed by atoms with Crippen molar-refractivity contribution in [1.29, 1.82) is 0 Å². The Hall–Kier alpha value is -0.570. The van der Waals surface area contributed by atoms with Crippen molar-refractivity contribution in [3.8, 4) is 0 Å². The third-order valence-corrected chi connectivity index (χ3v) is 7.90. The van der Waals surface area contributed by atoms with Crippen molar-refractivity contribution in [2.24, 2.45) is 0 Å². The largest absolute Gasteiger partial charge is 0.488 e. The van der Waals surface area contributed by atoms with Crippen LogP contribution in [0.15, 0.2) is 21.9 Å². The van der Waals surface area contributed by atoms with Gasteiger partial charge in [-0.3, -0.25) is 14.3 Å². The van der Waals surface area contributed by atoms with Gasteiger partial charge in [0.05, 0.1) is 12.7 Å². The lowest BCUT2D eigenvalue weighted by molar-refractivity contribution is -0.0426. The predicted molar refractivity (Wildman–Crippen MR) is 92.4 cm³/mol. The van der Waals surface area contributed by atoms with Crippen molar-refractivity contribution >= 4 is 34.2 Å². The number of nitrogens with one attached hydrogen (secondary N) is 1. The van der Waals surface area contributed by atoms with E-state index in [1.807, 2.05) is 4.98 Å². The maximum Gasteiger partial charge on any atom is 0.488 e. The molecule has 2 rings (SSSR count). The molecule has 160 valence electrons. The Balaban J connectivity index is 1.99. The number of nitrogens with zero attached hydrogens (tertiary/aromatic N) is 1. The Labute approximate surface area is 160 Å². The van der Waals surface area contributed by atoms with Crippen molar-refractivity contribution in [2.75, 3.05) is 6.61 Å². The lowest BCUT2D eigenvalue weighted by Crippen LogP contribution is -2.31. The smallest absolute Gasteiger partial charge is 0.390 e. The van der Waals surface area contributed by atoms with E-state index in [1.165, 1.54) is 0 Å². The van der Waals surface area contributed by atoms with E-state index >= 15 is 0 Å². The second-order valence-electron chi connectivity index (χ2n) is 5.34. The van der Waals surface area contributed by atoms with Crippen LogP contribution in [0.2, 0.25) is 0 Å². The van der Waals surface area contributed by atoms with Crippen LogP contribution >= 0.6 is 22.4 Å². The second kappa shape index (κ2) is 8.66. The molecule has 0 aliphatic carbocycles. The molecule has 0 radical (unpaired) electrons. The first kappa shape index (κ1) is 23.7. The molecule has 28 heavy (non-hydrogen) atoms. The predicted octanol–water partition coefficient (Wildman–Crippen LogP) is -1.36. The molecule has 1 aromatic heterocycles. The average molecular weight is 484 g/mol. The van der Waals surface area contributed by atoms with Crippen LogP contribution in [-0.4, -0.2) is 53.0 Å². The first-order valence-corrected chi connectivity index (χ1v) is 12.7. The molecule has 1 aliphatic heterocycles. The molecule has 5 atom stereocenters. The van der Waals surface area contributed by atoms with E-state index < -0.39 is 58.7 Å². The van der Waals surface area contributed by atoms with Crippen LogP contribution in [0, 0.1) is 0 Å². The minimum Gasteiger partial charge on any atom is -0.390 e. The van der Waals surface area contributed by atoms with Gasteiger partial charge in [-0.05, 0) is 11.8 Å². The zero-order valence-electron chi connectivity index (χ0n) is 13.5. The molecule has 15 nitrogen and oxygen atoms in total. The molecule has 1 fully saturated rings. The molecule has 1 aromatic rings. The average Bonchev–Trinajstić information content (AvgIpc) is 2.82. The van der Waals surface area contributed by atoms with Crippen molar-refractivity contribution < 1.29 is 51.7 Å². The van der Waals surface area contributed by atoms with Crippen LogP contribution in [-0.2, 0) is 38.8 Å². The van der Waals surface area contributed by atoms with Gasteiger partial charge < -0.3 is 33.9 Å². The quantitative estimate of drug-likeness (QED) is 0.234. The Morgan fingerprint density at radius 1 is 1.25 bits per heavy atom. The number of aromatic amines is 1. The van der Waals surface area contributed by atoms with Gasteiger partial charge in [-0.25, -0.2) is 18.2 Å². The van der Waals surface area contributed by atoms with Crippen LogP contribution in [0.25, 0.3) is 0 Å². The summed E-state index contributed by atoms with van der Waals surface area (Å²) in [6, 6.07) is 1.06. The Morgan fingerprint density at radius 3 is 2.46 bits per heavy atom. The maximum atomic E-state index is 11.7. The van der Waals surface area contributed by atoms with E-state index in [1.54, 1.807) is 0 Å². The summed E-state index contributed by atoms with van der Waals surface area (Å²) < 4.78 is 40.6. The van der Waals surface area contributed by atoms with E-state index in [0.717, 1.165) is 16.8 Å². The third kappa shape index (κ3) is 7.04. The lowest BCUT2D eigenvalue weighted by Gasteiger charge is -2.21. The highest BCUT2D eigenvalue weighted by Gasteiger charge is 2.40. The van der Waals surface area contributed by atoms with Crippen molar-refractivity contribution in [1.82, 2.24) is 9.55 Å². The van der Waals surface area contributed by atoms with Gasteiger partial charge >= 0.3 is 28.1 Å². The van der Waals surface area contributed by atoms with Gasteiger partial charge in [0.2, 0.25) is 0 Å². The molecule has 0 amide bonds. The highest BCUT2D eigenvalue weighted by molar-refractivity contribution is 8.08. The summed E-state index contributed by atoms with van der Waals surface area (Å²) in [7, 11) is -10.9. The Morgan fingerprint density at radius 2 is 1.89 bits per heavy atom. The first-order valence-electron chi connectivity index (χ1n) is 7.11. The summed E-state index contributed by atoms with van der Waals surface area (Å²) >= 11 is 4.44.